The molecule has 11 heteroatoms. The quantitative estimate of drug-likeness (QED) is 0.646. The Morgan fingerprint density at radius 1 is 1.26 bits per heavy atom. The van der Waals surface area contributed by atoms with Gasteiger partial charge in [-0.2, -0.15) is 4.31 Å². The average Bonchev–Trinajstić information content (AvgIpc) is 2.63. The number of carbonyl (C=O) groups is 1. The molecule has 1 aromatic heterocycles. The van der Waals surface area contributed by atoms with Crippen LogP contribution >= 0.6 is 15.9 Å². The van der Waals surface area contributed by atoms with Gasteiger partial charge in [-0.1, -0.05) is 0 Å². The van der Waals surface area contributed by atoms with Crippen molar-refractivity contribution in [3.8, 4) is 11.5 Å². The zero-order chi connectivity index (χ0) is 20.2. The number of hydrogen-bond donors (Lipinski definition) is 2. The van der Waals surface area contributed by atoms with E-state index in [4.69, 9.17) is 15.2 Å². The minimum absolute atomic E-state index is 0.148. The summed E-state index contributed by atoms with van der Waals surface area (Å²) in [6, 6.07) is 6.15. The number of anilines is 2. The zero-order valence-electron chi connectivity index (χ0n) is 14.9. The van der Waals surface area contributed by atoms with E-state index in [0.717, 1.165) is 4.31 Å². The number of amides is 1. The molecule has 9 nitrogen and oxygen atoms in total. The maximum absolute atomic E-state index is 12.6. The molecule has 2 rings (SSSR count). The van der Waals surface area contributed by atoms with Gasteiger partial charge >= 0.3 is 0 Å². The summed E-state index contributed by atoms with van der Waals surface area (Å²) in [6.07, 6.45) is 1.39. The van der Waals surface area contributed by atoms with Gasteiger partial charge in [0.2, 0.25) is 15.9 Å². The number of nitrogens with zero attached hydrogens (tertiary/aromatic N) is 2. The molecule has 2 aromatic rings. The van der Waals surface area contributed by atoms with Crippen LogP contribution in [0, 0.1) is 0 Å². The molecule has 1 heterocycles. The third-order valence-electron chi connectivity index (χ3n) is 3.57. The van der Waals surface area contributed by atoms with Gasteiger partial charge in [-0.25, -0.2) is 13.4 Å². The van der Waals surface area contributed by atoms with Gasteiger partial charge in [0.1, 0.15) is 10.7 Å². The van der Waals surface area contributed by atoms with Crippen LogP contribution in [0.4, 0.5) is 11.5 Å². The number of hydrogen-bond acceptors (Lipinski definition) is 7. The number of aromatic nitrogens is 1. The first kappa shape index (κ1) is 20.9. The molecule has 0 aliphatic rings. The number of pyridine rings is 1. The molecule has 1 amide bonds. The van der Waals surface area contributed by atoms with E-state index in [-0.39, 0.29) is 10.7 Å². The van der Waals surface area contributed by atoms with E-state index >= 15 is 0 Å². The van der Waals surface area contributed by atoms with Gasteiger partial charge in [0.25, 0.3) is 0 Å². The van der Waals surface area contributed by atoms with E-state index in [1.165, 1.54) is 33.5 Å². The number of nitrogens with one attached hydrogen (secondary N) is 1. The number of nitrogen functional groups attached to an aromatic ring is 1. The van der Waals surface area contributed by atoms with E-state index in [9.17, 15) is 13.2 Å². The number of sulfonamides is 1. The molecule has 0 unspecified atom stereocenters. The van der Waals surface area contributed by atoms with Crippen molar-refractivity contribution in [2.75, 3.05) is 38.9 Å². The number of rotatable bonds is 7. The molecule has 0 radical (unpaired) electrons. The number of methoxy groups -OCH3 is 2. The van der Waals surface area contributed by atoms with Crippen molar-refractivity contribution in [2.45, 2.75) is 4.90 Å². The molecule has 0 spiro atoms. The summed E-state index contributed by atoms with van der Waals surface area (Å²) in [5.41, 5.74) is 6.10. The van der Waals surface area contributed by atoms with Crippen LogP contribution in [0.15, 0.2) is 39.8 Å². The van der Waals surface area contributed by atoms with Crippen molar-refractivity contribution in [3.05, 3.63) is 34.9 Å². The molecular weight excluding hydrogens is 440 g/mol. The minimum Gasteiger partial charge on any atom is -0.493 e. The number of ether oxygens (including phenoxy) is 2. The second-order valence-electron chi connectivity index (χ2n) is 5.42. The lowest BCUT2D eigenvalue weighted by Crippen LogP contribution is -2.35. The summed E-state index contributed by atoms with van der Waals surface area (Å²) >= 11 is 3.16. The first-order valence-electron chi connectivity index (χ1n) is 7.58. The number of nitrogens with two attached hydrogens (primary N) is 1. The lowest BCUT2D eigenvalue weighted by Gasteiger charge is -2.18. The zero-order valence-corrected chi connectivity index (χ0v) is 17.3. The largest absolute Gasteiger partial charge is 0.493 e. The van der Waals surface area contributed by atoms with E-state index in [1.807, 2.05) is 0 Å². The van der Waals surface area contributed by atoms with Crippen molar-refractivity contribution in [1.29, 1.82) is 0 Å². The van der Waals surface area contributed by atoms with Crippen LogP contribution in [0.3, 0.4) is 0 Å². The summed E-state index contributed by atoms with van der Waals surface area (Å²) in [6.45, 7) is -0.414. The average molecular weight is 459 g/mol. The van der Waals surface area contributed by atoms with Crippen LogP contribution in [-0.4, -0.2) is 51.4 Å². The summed E-state index contributed by atoms with van der Waals surface area (Å²) in [4.78, 5) is 15.9. The second kappa shape index (κ2) is 8.55. The molecular formula is C16H19BrN4O5S. The Labute approximate surface area is 165 Å². The fourth-order valence-electron chi connectivity index (χ4n) is 2.21. The monoisotopic (exact) mass is 458 g/mol. The molecule has 27 heavy (non-hydrogen) atoms. The van der Waals surface area contributed by atoms with Crippen LogP contribution < -0.4 is 20.5 Å². The van der Waals surface area contributed by atoms with Crippen LogP contribution in [0.1, 0.15) is 0 Å². The Morgan fingerprint density at radius 3 is 2.56 bits per heavy atom. The van der Waals surface area contributed by atoms with Gasteiger partial charge < -0.3 is 20.5 Å². The van der Waals surface area contributed by atoms with Crippen LogP contribution in [0.25, 0.3) is 0 Å². The molecule has 0 saturated heterocycles. The Morgan fingerprint density at radius 2 is 1.93 bits per heavy atom. The topological polar surface area (TPSA) is 124 Å². The fraction of sp³-hybridized carbons (Fsp3) is 0.250. The van der Waals surface area contributed by atoms with Gasteiger partial charge in [0.15, 0.2) is 11.5 Å². The van der Waals surface area contributed by atoms with Gasteiger partial charge in [-0.15, -0.1) is 0 Å². The number of carbonyl (C=O) groups excluding carboxylic acids is 1. The lowest BCUT2D eigenvalue weighted by atomic mass is 10.2. The maximum Gasteiger partial charge on any atom is 0.246 e. The highest BCUT2D eigenvalue weighted by Gasteiger charge is 2.26. The van der Waals surface area contributed by atoms with Crippen molar-refractivity contribution in [3.63, 3.8) is 0 Å². The van der Waals surface area contributed by atoms with Crippen molar-refractivity contribution >= 4 is 43.4 Å². The molecule has 1 aromatic carbocycles. The summed E-state index contributed by atoms with van der Waals surface area (Å²) in [5.74, 6) is 0.261. The predicted octanol–water partition coefficient (Wildman–Crippen LogP) is 1.70. The highest BCUT2D eigenvalue weighted by Crippen LogP contribution is 2.29. The second-order valence-corrected chi connectivity index (χ2v) is 8.34. The standard InChI is InChI=1S/C16H19BrN4O5S/c1-21(27(23,24)14-6-10(17)8-19-16(14)18)9-15(22)20-11-4-5-12(25-2)13(7-11)26-3/h4-8H,9H2,1-3H3,(H2,18,19)(H,20,22). The molecule has 146 valence electrons. The molecule has 0 bridgehead atoms. The molecule has 0 atom stereocenters. The van der Waals surface area contributed by atoms with Crippen molar-refractivity contribution in [1.82, 2.24) is 9.29 Å². The first-order chi connectivity index (χ1) is 12.7. The smallest absolute Gasteiger partial charge is 0.246 e. The minimum atomic E-state index is -3.99. The van der Waals surface area contributed by atoms with Gasteiger partial charge in [0, 0.05) is 29.5 Å². The molecule has 0 saturated carbocycles. The van der Waals surface area contributed by atoms with Gasteiger partial charge in [-0.3, -0.25) is 4.79 Å². The Bertz CT molecular complexity index is 952. The maximum atomic E-state index is 12.6. The SMILES string of the molecule is COc1ccc(NC(=O)CN(C)S(=O)(=O)c2cc(Br)cnc2N)cc1OC. The van der Waals surface area contributed by atoms with Gasteiger partial charge in [0.05, 0.1) is 20.8 Å². The normalized spacial score (nSPS) is 11.3. The first-order valence-corrected chi connectivity index (χ1v) is 9.81. The van der Waals surface area contributed by atoms with Crippen LogP contribution in [0.2, 0.25) is 0 Å². The summed E-state index contributed by atoms with van der Waals surface area (Å²) in [7, 11) is 0.260. The van der Waals surface area contributed by atoms with Crippen molar-refractivity contribution < 1.29 is 22.7 Å². The summed E-state index contributed by atoms with van der Waals surface area (Å²) < 4.78 is 36.9. The molecule has 0 aliphatic heterocycles. The van der Waals surface area contributed by atoms with Crippen LogP contribution in [0.5, 0.6) is 11.5 Å². The Hall–Kier alpha value is -2.37. The number of halogens is 1. The molecule has 0 aliphatic carbocycles. The number of likely N-dealkylation sites (N-methyl/N-ethyl adjacent to an activating group) is 1. The molecule has 3 N–H and O–H groups in total. The number of benzene rings is 1. The van der Waals surface area contributed by atoms with E-state index in [0.29, 0.717) is 21.7 Å². The van der Waals surface area contributed by atoms with E-state index < -0.39 is 22.5 Å². The van der Waals surface area contributed by atoms with Gasteiger partial charge in [-0.05, 0) is 34.1 Å². The molecule has 0 fully saturated rings. The predicted molar refractivity (Wildman–Crippen MR) is 104 cm³/mol. The highest BCUT2D eigenvalue weighted by molar-refractivity contribution is 9.10. The highest BCUT2D eigenvalue weighted by atomic mass is 79.9. The van der Waals surface area contributed by atoms with E-state index in [2.05, 4.69) is 26.2 Å². The van der Waals surface area contributed by atoms with Crippen molar-refractivity contribution in [2.24, 2.45) is 0 Å². The Kier molecular flexibility index (Phi) is 6.63. The third-order valence-corrected chi connectivity index (χ3v) is 5.84. The Balaban J connectivity index is 2.14. The summed E-state index contributed by atoms with van der Waals surface area (Å²) in [5, 5.41) is 2.61. The van der Waals surface area contributed by atoms with Crippen LogP contribution in [-0.2, 0) is 14.8 Å². The lowest BCUT2D eigenvalue weighted by molar-refractivity contribution is -0.116. The third kappa shape index (κ3) is 4.87. The van der Waals surface area contributed by atoms with E-state index in [1.54, 1.807) is 18.2 Å². The fourth-order valence-corrected chi connectivity index (χ4v) is 3.91.